The summed E-state index contributed by atoms with van der Waals surface area (Å²) in [4.78, 5) is 38.9. The van der Waals surface area contributed by atoms with Gasteiger partial charge < -0.3 is 20.9 Å². The van der Waals surface area contributed by atoms with E-state index >= 15 is 0 Å². The molecule has 1 fully saturated rings. The fourth-order valence-corrected chi connectivity index (χ4v) is 4.34. The molecular weight excluding hydrogens is 434 g/mol. The highest BCUT2D eigenvalue weighted by Crippen LogP contribution is 2.42. The number of aromatic nitrogens is 1. The topological polar surface area (TPSA) is 142 Å². The lowest BCUT2D eigenvalue weighted by molar-refractivity contribution is -0.117. The smallest absolute Gasteiger partial charge is 0.293 e. The molecule has 2 aliphatic rings. The van der Waals surface area contributed by atoms with Crippen molar-refractivity contribution in [3.8, 4) is 0 Å². The van der Waals surface area contributed by atoms with Crippen molar-refractivity contribution in [3.05, 3.63) is 64.2 Å². The van der Waals surface area contributed by atoms with Crippen LogP contribution in [0, 0.1) is 24.1 Å². The van der Waals surface area contributed by atoms with Gasteiger partial charge >= 0.3 is 0 Å². The van der Waals surface area contributed by atoms with E-state index in [9.17, 15) is 23.2 Å². The summed E-state index contributed by atoms with van der Waals surface area (Å²) in [6, 6.07) is 3.00. The lowest BCUT2D eigenvalue weighted by atomic mass is 10.0. The summed E-state index contributed by atoms with van der Waals surface area (Å²) in [5.41, 5.74) is 13.3. The number of benzene rings is 1. The highest BCUT2D eigenvalue weighted by Gasteiger charge is 2.49. The second-order valence-electron chi connectivity index (χ2n) is 8.16. The van der Waals surface area contributed by atoms with Crippen LogP contribution in [0.5, 0.6) is 0 Å². The van der Waals surface area contributed by atoms with Gasteiger partial charge in [0.25, 0.3) is 17.6 Å². The van der Waals surface area contributed by atoms with Crippen LogP contribution in [0.4, 0.5) is 14.5 Å². The van der Waals surface area contributed by atoms with Crippen LogP contribution in [0.3, 0.4) is 0 Å². The molecule has 1 aliphatic heterocycles. The fraction of sp³-hybridized carbons (Fsp3) is 0.318. The molecule has 5 N–H and O–H groups in total. The summed E-state index contributed by atoms with van der Waals surface area (Å²) in [5, 5.41) is 8.50. The van der Waals surface area contributed by atoms with Crippen molar-refractivity contribution < 1.29 is 23.2 Å². The van der Waals surface area contributed by atoms with Gasteiger partial charge in [0.1, 0.15) is 11.4 Å². The first kappa shape index (κ1) is 22.3. The molecule has 172 valence electrons. The molecule has 0 saturated heterocycles. The number of hydrogen-bond acceptors (Lipinski definition) is 6. The molecule has 4 rings (SSSR count). The predicted molar refractivity (Wildman–Crippen MR) is 114 cm³/mol. The summed E-state index contributed by atoms with van der Waals surface area (Å²) < 4.78 is 28.4. The number of anilines is 1. The van der Waals surface area contributed by atoms with Crippen LogP contribution >= 0.6 is 0 Å². The number of halogens is 2. The minimum Gasteiger partial charge on any atom is -0.403 e. The van der Waals surface area contributed by atoms with E-state index in [0.717, 1.165) is 18.3 Å². The van der Waals surface area contributed by atoms with E-state index in [-0.39, 0.29) is 22.6 Å². The minimum atomic E-state index is -1.10. The van der Waals surface area contributed by atoms with Crippen molar-refractivity contribution >= 4 is 23.3 Å². The molecule has 1 aromatic carbocycles. The third-order valence-electron chi connectivity index (χ3n) is 6.11. The molecule has 0 unspecified atom stereocenters. The van der Waals surface area contributed by atoms with Crippen molar-refractivity contribution in [1.29, 1.82) is 5.53 Å². The molecule has 1 saturated carbocycles. The Bertz CT molecular complexity index is 1230. The van der Waals surface area contributed by atoms with Crippen molar-refractivity contribution in [1.82, 2.24) is 9.88 Å². The summed E-state index contributed by atoms with van der Waals surface area (Å²) in [6.07, 6.45) is 3.34. The SMILES string of the molecule is Cc1c(C(=O)C(=O)NC2(/C(=C/N)N=N)CC2)c2n(c1C(=O)Nc1ccc(F)c(F)c1)CCC2. The maximum Gasteiger partial charge on any atom is 0.293 e. The van der Waals surface area contributed by atoms with Crippen LogP contribution in [-0.2, 0) is 17.8 Å². The van der Waals surface area contributed by atoms with E-state index in [1.54, 1.807) is 11.5 Å². The summed E-state index contributed by atoms with van der Waals surface area (Å²) in [7, 11) is 0. The monoisotopic (exact) mass is 456 g/mol. The quantitative estimate of drug-likeness (QED) is 0.289. The van der Waals surface area contributed by atoms with E-state index in [2.05, 4.69) is 15.7 Å². The van der Waals surface area contributed by atoms with Gasteiger partial charge in [-0.25, -0.2) is 14.3 Å². The van der Waals surface area contributed by atoms with E-state index in [1.165, 1.54) is 6.07 Å². The number of Topliss-reactive ketones (excluding diaryl/α,β-unsaturated/α-hetero) is 1. The molecule has 11 heteroatoms. The number of amides is 2. The van der Waals surface area contributed by atoms with Gasteiger partial charge in [-0.2, -0.15) is 5.11 Å². The van der Waals surface area contributed by atoms with Gasteiger partial charge in [0, 0.05) is 30.2 Å². The van der Waals surface area contributed by atoms with E-state index in [4.69, 9.17) is 11.3 Å². The predicted octanol–water partition coefficient (Wildman–Crippen LogP) is 2.94. The lowest BCUT2D eigenvalue weighted by Gasteiger charge is -2.16. The molecule has 2 amide bonds. The maximum atomic E-state index is 13.5. The van der Waals surface area contributed by atoms with Crippen molar-refractivity contribution in [3.63, 3.8) is 0 Å². The maximum absolute atomic E-state index is 13.5. The molecule has 1 aromatic heterocycles. The van der Waals surface area contributed by atoms with Crippen LogP contribution in [0.1, 0.15) is 51.4 Å². The van der Waals surface area contributed by atoms with Crippen LogP contribution in [0.15, 0.2) is 35.2 Å². The average molecular weight is 456 g/mol. The standard InChI is InChI=1S/C22H22F2N6O3/c1-11-17(19(31)21(33)28-22(6-7-22)16(10-25)29-26)15-3-2-8-30(15)18(11)20(32)27-12-4-5-13(23)14(24)9-12/h4-5,9-10,26H,2-3,6-8,25H2,1H3,(H,27,32)(H,28,33)/b16-10-,29-26?. The zero-order valence-electron chi connectivity index (χ0n) is 17.8. The first-order valence-corrected chi connectivity index (χ1v) is 10.4. The van der Waals surface area contributed by atoms with E-state index < -0.39 is 34.8 Å². The van der Waals surface area contributed by atoms with Gasteiger partial charge in [0.15, 0.2) is 11.6 Å². The second kappa shape index (κ2) is 8.23. The van der Waals surface area contributed by atoms with Gasteiger partial charge in [-0.15, -0.1) is 0 Å². The number of ketones is 1. The molecule has 2 heterocycles. The Morgan fingerprint density at radius 2 is 1.97 bits per heavy atom. The van der Waals surface area contributed by atoms with Gasteiger partial charge in [-0.1, -0.05) is 0 Å². The van der Waals surface area contributed by atoms with Crippen LogP contribution in [0.2, 0.25) is 0 Å². The van der Waals surface area contributed by atoms with Crippen LogP contribution < -0.4 is 16.4 Å². The second-order valence-corrected chi connectivity index (χ2v) is 8.16. The van der Waals surface area contributed by atoms with Crippen molar-refractivity contribution in [2.45, 2.75) is 44.7 Å². The molecular formula is C22H22F2N6O3. The first-order valence-electron chi connectivity index (χ1n) is 10.4. The number of fused-ring (bicyclic) bond motifs is 1. The molecule has 9 nitrogen and oxygen atoms in total. The third-order valence-corrected chi connectivity index (χ3v) is 6.11. The van der Waals surface area contributed by atoms with Gasteiger partial charge in [-0.05, 0) is 50.3 Å². The average Bonchev–Trinajstić information content (AvgIpc) is 3.28. The Balaban J connectivity index is 1.63. The largest absolute Gasteiger partial charge is 0.403 e. The molecule has 2 aromatic rings. The number of rotatable bonds is 7. The number of nitrogens with zero attached hydrogens (tertiary/aromatic N) is 2. The molecule has 0 bridgehead atoms. The molecule has 1 aliphatic carbocycles. The molecule has 0 spiro atoms. The van der Waals surface area contributed by atoms with Crippen molar-refractivity contribution in [2.75, 3.05) is 5.32 Å². The Labute approximate surface area is 187 Å². The zero-order valence-corrected chi connectivity index (χ0v) is 17.8. The van der Waals surface area contributed by atoms with E-state index in [1.807, 2.05) is 0 Å². The van der Waals surface area contributed by atoms with Gasteiger partial charge in [0.05, 0.1) is 11.1 Å². The molecule has 0 atom stereocenters. The Hall–Kier alpha value is -3.89. The Morgan fingerprint density at radius 3 is 2.58 bits per heavy atom. The first-order chi connectivity index (χ1) is 15.7. The molecule has 0 radical (unpaired) electrons. The highest BCUT2D eigenvalue weighted by atomic mass is 19.2. The number of carbonyl (C=O) groups is 3. The normalized spacial score (nSPS) is 16.2. The minimum absolute atomic E-state index is 0.0633. The zero-order chi connectivity index (χ0) is 23.9. The summed E-state index contributed by atoms with van der Waals surface area (Å²) in [5.74, 6) is -4.40. The summed E-state index contributed by atoms with van der Waals surface area (Å²) >= 11 is 0. The number of nitrogens with one attached hydrogen (secondary N) is 3. The number of carbonyl (C=O) groups excluding carboxylic acids is 3. The third kappa shape index (κ3) is 3.79. The number of nitrogens with two attached hydrogens (primary N) is 1. The molecule has 33 heavy (non-hydrogen) atoms. The van der Waals surface area contributed by atoms with Crippen molar-refractivity contribution in [2.24, 2.45) is 10.8 Å². The highest BCUT2D eigenvalue weighted by molar-refractivity contribution is 6.44. The summed E-state index contributed by atoms with van der Waals surface area (Å²) in [6.45, 7) is 2.05. The van der Waals surface area contributed by atoms with E-state index in [0.29, 0.717) is 43.5 Å². The van der Waals surface area contributed by atoms with Crippen LogP contribution in [-0.4, -0.2) is 27.7 Å². The fourth-order valence-electron chi connectivity index (χ4n) is 4.34. The van der Waals surface area contributed by atoms with Gasteiger partial charge in [0.2, 0.25) is 0 Å². The number of hydrogen-bond donors (Lipinski definition) is 4. The lowest BCUT2D eigenvalue weighted by Crippen LogP contribution is -2.42. The van der Waals surface area contributed by atoms with Gasteiger partial charge in [-0.3, -0.25) is 14.4 Å². The van der Waals surface area contributed by atoms with Crippen LogP contribution in [0.25, 0.3) is 0 Å². The Kier molecular flexibility index (Phi) is 5.56. The Morgan fingerprint density at radius 1 is 1.24 bits per heavy atom.